The molecule has 15 rings (SSSR count). The Morgan fingerprint density at radius 1 is 0.348 bits per heavy atom. The predicted octanol–water partition coefficient (Wildman–Crippen LogP) is 13.7. The first kappa shape index (κ1) is 60.8. The topological polar surface area (TPSA) is 232 Å². The van der Waals surface area contributed by atoms with Gasteiger partial charge in [-0.05, 0) is 208 Å². The third-order valence-electron chi connectivity index (χ3n) is 15.5. The summed E-state index contributed by atoms with van der Waals surface area (Å²) in [5, 5.41) is 19.5. The van der Waals surface area contributed by atoms with Crippen LogP contribution >= 0.6 is 0 Å². The fourth-order valence-corrected chi connectivity index (χ4v) is 16.0. The van der Waals surface area contributed by atoms with Crippen LogP contribution in [0.4, 0.5) is 0 Å². The van der Waals surface area contributed by atoms with E-state index in [1.54, 1.807) is 72.8 Å². The molecule has 11 aromatic carbocycles. The molecule has 92 heavy (non-hydrogen) atoms. The summed E-state index contributed by atoms with van der Waals surface area (Å²) in [6.07, 6.45) is 0. The number of rotatable bonds is 6. The Bertz CT molecular complexity index is 5070. The Hall–Kier alpha value is -10.1. The molecule has 1 unspecified atom stereocenters. The molecule has 0 fully saturated rings. The second kappa shape index (κ2) is 24.6. The minimum Gasteiger partial charge on any atom is -0.508 e. The highest BCUT2D eigenvalue weighted by atomic mass is 32.2. The second-order valence-electron chi connectivity index (χ2n) is 21.8. The zero-order valence-electron chi connectivity index (χ0n) is 48.5. The van der Waals surface area contributed by atoms with Crippen LogP contribution in [0.25, 0.3) is 22.3 Å². The fourth-order valence-electron chi connectivity index (χ4n) is 10.7. The average Bonchev–Trinajstić information content (AvgIpc) is 0.801. The van der Waals surface area contributed by atoms with Crippen LogP contribution in [-0.4, -0.2) is 43.9 Å². The summed E-state index contributed by atoms with van der Waals surface area (Å²) in [6.45, 7) is 0.0662. The van der Waals surface area contributed by atoms with E-state index in [1.807, 2.05) is 48.5 Å². The smallest absolute Gasteiger partial charge is 0.401 e. The third kappa shape index (κ3) is 12.5. The SMILES string of the molecule is O=S(=O)(c1ccc(O)cc1)c1ccc(-c2ccc3c(c2)OCc2cccc(c2)COCc2cccc(c2)C2(OCc4cccc(c4)COc4cc(-c5ccc(S(=O)(=O)c6ccc(O)cc6)cc5)ccc4S(=O)(=O)c4ccc(cc4)O2)Oc2ccc(cc2)S3(=O)=O)cc1. The van der Waals surface area contributed by atoms with Crippen molar-refractivity contribution in [1.29, 1.82) is 0 Å². The molecule has 0 aromatic heterocycles. The van der Waals surface area contributed by atoms with Crippen molar-refractivity contribution in [2.45, 2.75) is 78.2 Å². The summed E-state index contributed by atoms with van der Waals surface area (Å²) < 4.78 is 153. The lowest BCUT2D eigenvalue weighted by molar-refractivity contribution is -0.319. The van der Waals surface area contributed by atoms with Crippen molar-refractivity contribution in [3.63, 3.8) is 0 Å². The van der Waals surface area contributed by atoms with E-state index in [0.29, 0.717) is 44.5 Å². The van der Waals surface area contributed by atoms with Crippen LogP contribution < -0.4 is 18.9 Å². The molecule has 10 bridgehead atoms. The zero-order valence-corrected chi connectivity index (χ0v) is 51.8. The molecule has 1 spiro atoms. The van der Waals surface area contributed by atoms with Gasteiger partial charge in [-0.3, -0.25) is 4.74 Å². The van der Waals surface area contributed by atoms with E-state index in [2.05, 4.69) is 0 Å². The number of ether oxygens (including phenoxy) is 6. The van der Waals surface area contributed by atoms with E-state index in [1.165, 1.54) is 133 Å². The first-order valence-electron chi connectivity index (χ1n) is 28.7. The molecule has 4 aliphatic heterocycles. The molecule has 4 heterocycles. The fraction of sp³-hybridized carbons (Fsp3) is 0.0833. The number of phenols is 2. The van der Waals surface area contributed by atoms with E-state index >= 15 is 0 Å². The van der Waals surface area contributed by atoms with Gasteiger partial charge in [0, 0.05) is 0 Å². The highest BCUT2D eigenvalue weighted by molar-refractivity contribution is 7.92. The number of sulfone groups is 4. The average molecular weight is 1300 g/mol. The normalized spacial score (nSPS) is 16.3. The molecule has 2 N–H and O–H groups in total. The monoisotopic (exact) mass is 1300 g/mol. The van der Waals surface area contributed by atoms with Crippen molar-refractivity contribution in [2.75, 3.05) is 0 Å². The standard InChI is InChI=1S/C72H54O16S4/c73-58-16-28-64(29-17-58)89(75,76)62-24-10-53(11-25-62)55-14-36-70-68(41-55)84-45-49-5-1-4-48(38-49)43-83-44-52-8-3-9-57(40-52)72(87-60-20-32-66(33-21-60)91(70,79)80)86-47-51-7-2-6-50(39-51)46-85-69-42-56(15-37-71(69)92(81,82)67-34-22-61(88-72)23-35-67)54-12-26-63(27-13-54)90(77,78)65-30-18-59(74)19-31-65/h1-42,73-74H,43-47H2. The molecule has 0 saturated heterocycles. The zero-order chi connectivity index (χ0) is 63.8. The van der Waals surface area contributed by atoms with Gasteiger partial charge in [0.2, 0.25) is 39.3 Å². The summed E-state index contributed by atoms with van der Waals surface area (Å²) in [4.78, 5) is -0.444. The first-order chi connectivity index (χ1) is 44.3. The predicted molar refractivity (Wildman–Crippen MR) is 339 cm³/mol. The van der Waals surface area contributed by atoms with E-state index in [-0.39, 0.29) is 107 Å². The Labute approximate surface area is 531 Å². The van der Waals surface area contributed by atoms with Crippen LogP contribution in [-0.2, 0) is 87.8 Å². The number of hydrogen-bond acceptors (Lipinski definition) is 16. The van der Waals surface area contributed by atoms with Crippen molar-refractivity contribution in [2.24, 2.45) is 0 Å². The van der Waals surface area contributed by atoms with E-state index in [4.69, 9.17) is 28.4 Å². The van der Waals surface area contributed by atoms with Crippen molar-refractivity contribution in [1.82, 2.24) is 0 Å². The maximum atomic E-state index is 14.9. The van der Waals surface area contributed by atoms with E-state index in [0.717, 1.165) is 11.1 Å². The quantitative estimate of drug-likeness (QED) is 0.158. The van der Waals surface area contributed by atoms with Gasteiger partial charge >= 0.3 is 5.97 Å². The van der Waals surface area contributed by atoms with Gasteiger partial charge in [-0.1, -0.05) is 97.1 Å². The van der Waals surface area contributed by atoms with E-state index in [9.17, 15) is 43.9 Å². The minimum absolute atomic E-state index is 0.00434. The molecule has 4 aliphatic rings. The summed E-state index contributed by atoms with van der Waals surface area (Å²) in [6, 6.07) is 65.5. The molecular weight excluding hydrogens is 1250 g/mol. The minimum atomic E-state index is -4.36. The molecule has 20 heteroatoms. The largest absolute Gasteiger partial charge is 0.508 e. The molecule has 0 aliphatic carbocycles. The second-order valence-corrected chi connectivity index (χ2v) is 29.5. The summed E-state index contributed by atoms with van der Waals surface area (Å²) in [5.74, 6) is -2.01. The molecule has 462 valence electrons. The summed E-state index contributed by atoms with van der Waals surface area (Å²) >= 11 is 0. The lowest BCUT2D eigenvalue weighted by atomic mass is 10.1. The number of benzene rings is 11. The van der Waals surface area contributed by atoms with Gasteiger partial charge in [0.25, 0.3) is 0 Å². The van der Waals surface area contributed by atoms with Gasteiger partial charge in [0.05, 0.1) is 54.8 Å². The third-order valence-corrected chi connectivity index (χ3v) is 22.7. The molecular formula is C72H54O16S4. The Morgan fingerprint density at radius 3 is 1.11 bits per heavy atom. The van der Waals surface area contributed by atoms with Crippen LogP contribution in [0, 0.1) is 0 Å². The van der Waals surface area contributed by atoms with Crippen molar-refractivity contribution < 1.29 is 72.3 Å². The van der Waals surface area contributed by atoms with Gasteiger partial charge in [-0.2, -0.15) is 0 Å². The number of fused-ring (bicyclic) bond motifs is 9. The van der Waals surface area contributed by atoms with Crippen LogP contribution in [0.2, 0.25) is 0 Å². The van der Waals surface area contributed by atoms with Crippen molar-refractivity contribution in [3.05, 3.63) is 288 Å². The van der Waals surface area contributed by atoms with Gasteiger partial charge in [-0.15, -0.1) is 0 Å². The van der Waals surface area contributed by atoms with Gasteiger partial charge in [-0.25, -0.2) is 33.7 Å². The Balaban J connectivity index is 0.851. The maximum Gasteiger partial charge on any atom is 0.401 e. The number of hydrogen-bond donors (Lipinski definition) is 2. The van der Waals surface area contributed by atoms with Gasteiger partial charge < -0.3 is 33.9 Å². The highest BCUT2D eigenvalue weighted by Gasteiger charge is 2.41. The van der Waals surface area contributed by atoms with Crippen LogP contribution in [0.1, 0.15) is 33.4 Å². The molecule has 0 radical (unpaired) electrons. The maximum absolute atomic E-state index is 14.9. The van der Waals surface area contributed by atoms with Gasteiger partial charge in [0.1, 0.15) is 57.5 Å². The summed E-state index contributed by atoms with van der Waals surface area (Å²) in [7, 11) is -16.5. The number of aromatic hydroxyl groups is 2. The highest BCUT2D eigenvalue weighted by Crippen LogP contribution is 2.41. The number of phenolic OH excluding ortho intramolecular Hbond substituents is 2. The molecule has 11 aromatic rings. The lowest BCUT2D eigenvalue weighted by Gasteiger charge is -2.34. The molecule has 0 saturated carbocycles. The van der Waals surface area contributed by atoms with Crippen LogP contribution in [0.3, 0.4) is 0 Å². The lowest BCUT2D eigenvalue weighted by Crippen LogP contribution is -2.42. The molecule has 16 nitrogen and oxygen atoms in total. The van der Waals surface area contributed by atoms with Crippen molar-refractivity contribution >= 4 is 39.3 Å². The van der Waals surface area contributed by atoms with Gasteiger partial charge in [0.15, 0.2) is 0 Å². The van der Waals surface area contributed by atoms with Crippen LogP contribution in [0.5, 0.6) is 34.5 Å². The summed E-state index contributed by atoms with van der Waals surface area (Å²) in [5.41, 5.74) is 6.14. The molecule has 0 amide bonds. The Kier molecular flexibility index (Phi) is 16.3. The molecule has 1 atom stereocenters. The van der Waals surface area contributed by atoms with Crippen molar-refractivity contribution in [3.8, 4) is 56.8 Å². The van der Waals surface area contributed by atoms with E-state index < -0.39 is 45.3 Å². The Morgan fingerprint density at radius 2 is 0.696 bits per heavy atom. The first-order valence-corrected chi connectivity index (χ1v) is 34.6. The van der Waals surface area contributed by atoms with Crippen LogP contribution in [0.15, 0.2) is 294 Å².